The number of hydrogen-bond acceptors (Lipinski definition) is 5. The van der Waals surface area contributed by atoms with Gasteiger partial charge in [0.05, 0.1) is 4.88 Å². The molecule has 1 saturated carbocycles. The minimum absolute atomic E-state index is 0.149. The molecule has 2 aromatic rings. The summed E-state index contributed by atoms with van der Waals surface area (Å²) in [5.74, 6) is -0.794. The molecule has 8 heteroatoms. The van der Waals surface area contributed by atoms with E-state index in [0.717, 1.165) is 17.8 Å². The van der Waals surface area contributed by atoms with E-state index in [2.05, 4.69) is 4.98 Å². The Balaban J connectivity index is 1.72. The molecule has 3 atom stereocenters. The number of piperidine rings is 1. The fraction of sp³-hybridized carbons (Fsp3) is 0.312. The molecule has 2 heterocycles. The quantitative estimate of drug-likeness (QED) is 0.878. The monoisotopic (exact) mass is 346 g/mol. The van der Waals surface area contributed by atoms with Crippen molar-refractivity contribution in [3.8, 4) is 10.4 Å². The Morgan fingerprint density at radius 1 is 1.38 bits per heavy atom. The number of nitrogens with two attached hydrogens (primary N) is 2. The van der Waals surface area contributed by atoms with Gasteiger partial charge in [0.2, 0.25) is 5.91 Å². The van der Waals surface area contributed by atoms with E-state index < -0.39 is 17.8 Å². The number of anilines is 1. The van der Waals surface area contributed by atoms with E-state index in [0.29, 0.717) is 22.9 Å². The van der Waals surface area contributed by atoms with Crippen LogP contribution in [0, 0.1) is 17.7 Å². The van der Waals surface area contributed by atoms with Crippen LogP contribution in [-0.4, -0.2) is 34.3 Å². The molecule has 0 spiro atoms. The number of rotatable bonds is 3. The van der Waals surface area contributed by atoms with Crippen LogP contribution in [0.1, 0.15) is 16.9 Å². The topological polar surface area (TPSA) is 102 Å². The van der Waals surface area contributed by atoms with E-state index in [1.807, 2.05) is 0 Å². The molecule has 2 aliphatic rings. The zero-order chi connectivity index (χ0) is 17.0. The first kappa shape index (κ1) is 15.1. The van der Waals surface area contributed by atoms with Crippen LogP contribution in [0.15, 0.2) is 24.3 Å². The van der Waals surface area contributed by atoms with Gasteiger partial charge in [-0.25, -0.2) is 9.37 Å². The Hall–Kier alpha value is -2.48. The highest BCUT2D eigenvalue weighted by molar-refractivity contribution is 7.19. The molecule has 1 aliphatic heterocycles. The van der Waals surface area contributed by atoms with Crippen LogP contribution in [-0.2, 0) is 4.79 Å². The predicted molar refractivity (Wildman–Crippen MR) is 87.5 cm³/mol. The summed E-state index contributed by atoms with van der Waals surface area (Å²) in [6, 6.07) is 5.32. The van der Waals surface area contributed by atoms with Crippen LogP contribution < -0.4 is 11.5 Å². The number of primary amides is 1. The SMILES string of the molecule is NC(=O)[C@@H]1[C@@H]2C[C@@H]2CN1C(=O)c1nc(N)sc1-c1cccc(F)c1. The van der Waals surface area contributed by atoms with Gasteiger partial charge in [-0.05, 0) is 36.0 Å². The maximum atomic E-state index is 13.5. The summed E-state index contributed by atoms with van der Waals surface area (Å²) in [6.45, 7) is 0.497. The van der Waals surface area contributed by atoms with Gasteiger partial charge >= 0.3 is 0 Å². The minimum atomic E-state index is -0.592. The lowest BCUT2D eigenvalue weighted by Crippen LogP contribution is -2.46. The molecule has 1 aromatic carbocycles. The maximum absolute atomic E-state index is 13.5. The molecule has 6 nitrogen and oxygen atoms in total. The first-order chi connectivity index (χ1) is 11.5. The number of thiazole rings is 1. The molecular weight excluding hydrogens is 331 g/mol. The molecule has 2 fully saturated rings. The average molecular weight is 346 g/mol. The van der Waals surface area contributed by atoms with Gasteiger partial charge in [0, 0.05) is 6.54 Å². The molecule has 1 saturated heterocycles. The Labute approximate surface area is 141 Å². The van der Waals surface area contributed by atoms with E-state index in [4.69, 9.17) is 11.5 Å². The number of aromatic nitrogens is 1. The molecule has 1 aromatic heterocycles. The molecule has 0 bridgehead atoms. The molecule has 0 radical (unpaired) electrons. The second-order valence-corrected chi connectivity index (χ2v) is 7.24. The van der Waals surface area contributed by atoms with Crippen molar-refractivity contribution in [2.45, 2.75) is 12.5 Å². The van der Waals surface area contributed by atoms with Crippen molar-refractivity contribution in [2.75, 3.05) is 12.3 Å². The van der Waals surface area contributed by atoms with Gasteiger partial charge in [0.1, 0.15) is 17.6 Å². The third kappa shape index (κ3) is 2.34. The summed E-state index contributed by atoms with van der Waals surface area (Å²) in [6.07, 6.45) is 0.924. The Bertz CT molecular complexity index is 852. The number of carbonyl (C=O) groups excluding carboxylic acids is 2. The largest absolute Gasteiger partial charge is 0.375 e. The first-order valence-electron chi connectivity index (χ1n) is 7.58. The van der Waals surface area contributed by atoms with Crippen LogP contribution in [0.4, 0.5) is 9.52 Å². The fourth-order valence-corrected chi connectivity index (χ4v) is 4.30. The van der Waals surface area contributed by atoms with Gasteiger partial charge in [-0.1, -0.05) is 23.5 Å². The molecule has 4 rings (SSSR count). The molecule has 124 valence electrons. The Morgan fingerprint density at radius 2 is 2.17 bits per heavy atom. The van der Waals surface area contributed by atoms with Crippen LogP contribution in [0.25, 0.3) is 10.4 Å². The van der Waals surface area contributed by atoms with Gasteiger partial charge in [0.25, 0.3) is 5.91 Å². The van der Waals surface area contributed by atoms with Crippen LogP contribution >= 0.6 is 11.3 Å². The maximum Gasteiger partial charge on any atom is 0.274 e. The predicted octanol–water partition coefficient (Wildman–Crippen LogP) is 1.48. The number of nitrogens with zero attached hydrogens (tertiary/aromatic N) is 2. The molecule has 24 heavy (non-hydrogen) atoms. The van der Waals surface area contributed by atoms with Gasteiger partial charge < -0.3 is 16.4 Å². The van der Waals surface area contributed by atoms with Crippen molar-refractivity contribution < 1.29 is 14.0 Å². The van der Waals surface area contributed by atoms with Crippen molar-refractivity contribution in [3.63, 3.8) is 0 Å². The number of carbonyl (C=O) groups is 2. The van der Waals surface area contributed by atoms with E-state index in [9.17, 15) is 14.0 Å². The number of fused-ring (bicyclic) bond motifs is 1. The summed E-state index contributed by atoms with van der Waals surface area (Å²) < 4.78 is 13.5. The van der Waals surface area contributed by atoms with E-state index in [1.165, 1.54) is 17.0 Å². The number of amides is 2. The number of hydrogen-bond donors (Lipinski definition) is 2. The summed E-state index contributed by atoms with van der Waals surface area (Å²) >= 11 is 1.12. The zero-order valence-electron chi connectivity index (χ0n) is 12.6. The highest BCUT2D eigenvalue weighted by Crippen LogP contribution is 2.50. The lowest BCUT2D eigenvalue weighted by Gasteiger charge is -2.24. The molecular formula is C16H15FN4O2S. The van der Waals surface area contributed by atoms with Gasteiger partial charge in [-0.15, -0.1) is 0 Å². The van der Waals surface area contributed by atoms with Crippen molar-refractivity contribution in [1.29, 1.82) is 0 Å². The third-order valence-electron chi connectivity index (χ3n) is 4.64. The molecule has 0 unspecified atom stereocenters. The fourth-order valence-electron chi connectivity index (χ4n) is 3.48. The van der Waals surface area contributed by atoms with Gasteiger partial charge in [-0.3, -0.25) is 9.59 Å². The summed E-state index contributed by atoms with van der Waals surface area (Å²) in [5, 5.41) is 0.220. The summed E-state index contributed by atoms with van der Waals surface area (Å²) in [7, 11) is 0. The highest BCUT2D eigenvalue weighted by Gasteiger charge is 2.56. The minimum Gasteiger partial charge on any atom is -0.375 e. The van der Waals surface area contributed by atoms with Crippen molar-refractivity contribution in [3.05, 3.63) is 35.8 Å². The number of nitrogen functional groups attached to an aromatic ring is 1. The van der Waals surface area contributed by atoms with Gasteiger partial charge in [-0.2, -0.15) is 0 Å². The van der Waals surface area contributed by atoms with Crippen LogP contribution in [0.5, 0.6) is 0 Å². The molecule has 4 N–H and O–H groups in total. The molecule has 2 amide bonds. The average Bonchev–Trinajstić information content (AvgIpc) is 3.01. The second-order valence-electron chi connectivity index (χ2n) is 6.20. The summed E-state index contributed by atoms with van der Waals surface area (Å²) in [4.78, 5) is 30.8. The van der Waals surface area contributed by atoms with Crippen molar-refractivity contribution >= 4 is 28.3 Å². The smallest absolute Gasteiger partial charge is 0.274 e. The normalized spacial score (nSPS) is 24.7. The number of halogens is 1. The Morgan fingerprint density at radius 3 is 2.88 bits per heavy atom. The second kappa shape index (κ2) is 5.27. The van der Waals surface area contributed by atoms with Crippen LogP contribution in [0.3, 0.4) is 0 Å². The number of benzene rings is 1. The molecule has 1 aliphatic carbocycles. The van der Waals surface area contributed by atoms with E-state index in [1.54, 1.807) is 12.1 Å². The lowest BCUT2D eigenvalue weighted by atomic mass is 10.1. The number of likely N-dealkylation sites (tertiary alicyclic amines) is 1. The Kier molecular flexibility index (Phi) is 3.31. The lowest BCUT2D eigenvalue weighted by molar-refractivity contribution is -0.122. The summed E-state index contributed by atoms with van der Waals surface area (Å²) in [5.41, 5.74) is 11.9. The van der Waals surface area contributed by atoms with Gasteiger partial charge in [0.15, 0.2) is 5.13 Å². The van der Waals surface area contributed by atoms with Crippen molar-refractivity contribution in [2.24, 2.45) is 17.6 Å². The van der Waals surface area contributed by atoms with Crippen LogP contribution in [0.2, 0.25) is 0 Å². The first-order valence-corrected chi connectivity index (χ1v) is 8.40. The standard InChI is InChI=1S/C16H15FN4O2S/c17-9-3-1-2-7(4-9)13-11(20-16(19)24-13)15(23)21-6-8-5-10(8)12(21)14(18)22/h1-4,8,10,12H,5-6H2,(H2,18,22)(H2,19,20)/t8-,10-,12+/m1/s1. The van der Waals surface area contributed by atoms with Crippen molar-refractivity contribution in [1.82, 2.24) is 9.88 Å². The van der Waals surface area contributed by atoms with E-state index >= 15 is 0 Å². The van der Waals surface area contributed by atoms with E-state index in [-0.39, 0.29) is 22.7 Å². The highest BCUT2D eigenvalue weighted by atomic mass is 32.1. The third-order valence-corrected chi connectivity index (χ3v) is 5.57. The zero-order valence-corrected chi connectivity index (χ0v) is 13.4.